The maximum absolute atomic E-state index is 11.2. The smallest absolute Gasteiger partial charge is 0.335 e. The highest BCUT2D eigenvalue weighted by molar-refractivity contribution is 7.99. The van der Waals surface area contributed by atoms with E-state index in [9.17, 15) is 14.7 Å². The molecular weight excluding hydrogens is 677 g/mol. The fraction of sp³-hybridized carbons (Fsp3) is 0.447. The Morgan fingerprint density at radius 3 is 1.47 bits per heavy atom. The van der Waals surface area contributed by atoms with Gasteiger partial charge in [0.25, 0.3) is 0 Å². The summed E-state index contributed by atoms with van der Waals surface area (Å²) in [4.78, 5) is 24.7. The molecule has 0 bridgehead atoms. The largest absolute Gasteiger partial charge is 0.478 e. The molecule has 4 aromatic carbocycles. The van der Waals surface area contributed by atoms with Crippen molar-refractivity contribution in [2.24, 2.45) is 0 Å². The van der Waals surface area contributed by atoms with Gasteiger partial charge in [0.05, 0.1) is 11.1 Å². The predicted octanol–water partition coefficient (Wildman–Crippen LogP) is 12.9. The molecule has 282 valence electrons. The molecule has 6 heteroatoms. The van der Waals surface area contributed by atoms with Crippen molar-refractivity contribution in [2.45, 2.75) is 147 Å². The topological polar surface area (TPSA) is 83.8 Å². The minimum atomic E-state index is -0.920. The quantitative estimate of drug-likeness (QED) is 0.197. The van der Waals surface area contributed by atoms with Gasteiger partial charge in [-0.1, -0.05) is 86.2 Å². The summed E-state index contributed by atoms with van der Waals surface area (Å²) < 4.78 is 6.30. The summed E-state index contributed by atoms with van der Waals surface area (Å²) in [5.41, 5.74) is 11.4. The lowest BCUT2D eigenvalue weighted by Gasteiger charge is -2.42. The minimum absolute atomic E-state index is 0.122. The van der Waals surface area contributed by atoms with Crippen LogP contribution in [0.1, 0.15) is 153 Å². The van der Waals surface area contributed by atoms with E-state index in [0.29, 0.717) is 11.3 Å². The van der Waals surface area contributed by atoms with Gasteiger partial charge >= 0.3 is 11.9 Å². The Kier molecular flexibility index (Phi) is 11.1. The first-order valence-corrected chi connectivity index (χ1v) is 19.7. The van der Waals surface area contributed by atoms with E-state index in [2.05, 4.69) is 93.5 Å². The van der Waals surface area contributed by atoms with Crippen molar-refractivity contribution in [2.75, 3.05) is 0 Å². The van der Waals surface area contributed by atoms with Gasteiger partial charge in [-0.05, 0) is 168 Å². The molecule has 0 aromatic heterocycles. The lowest BCUT2D eigenvalue weighted by atomic mass is 9.63. The zero-order valence-electron chi connectivity index (χ0n) is 33.8. The molecule has 0 saturated carbocycles. The maximum Gasteiger partial charge on any atom is 0.335 e. The molecule has 0 aliphatic heterocycles. The fourth-order valence-electron chi connectivity index (χ4n) is 7.85. The third-order valence-corrected chi connectivity index (χ3v) is 13.2. The van der Waals surface area contributed by atoms with Crippen LogP contribution in [0.3, 0.4) is 0 Å². The summed E-state index contributed by atoms with van der Waals surface area (Å²) in [5, 5.41) is 18.3. The van der Waals surface area contributed by atoms with Crippen LogP contribution in [-0.2, 0) is 28.1 Å². The zero-order valence-corrected chi connectivity index (χ0v) is 34.7. The lowest BCUT2D eigenvalue weighted by molar-refractivity contribution is 0.0686. The summed E-state index contributed by atoms with van der Waals surface area (Å²) in [6.45, 7) is 26.9. The second-order valence-electron chi connectivity index (χ2n) is 17.8. The third-order valence-electron chi connectivity index (χ3n) is 11.8. The van der Waals surface area contributed by atoms with E-state index in [1.807, 2.05) is 19.9 Å². The Hall–Kier alpha value is -4.03. The van der Waals surface area contributed by atoms with Gasteiger partial charge in [-0.2, -0.15) is 0 Å². The number of aromatic carboxylic acids is 2. The standard InChI is InChI=1S/C24H30O3.C23H28O2S/c1-7-16-13-18-19(24(5,6)11-10-23(18,3)4)14-21(16)27-20-9-8-17(22(25)26)12-15(20)2;1-14-11-16(21(24)25)7-8-19(14)26-20-13-18-17(12-15(20)2)22(3,4)9-10-23(18,5)6/h8-9,12-14H,7,10-11H2,1-6H3,(H,25,26);7-8,11-13H,9-10H2,1-6H3,(H,24,25). The first-order chi connectivity index (χ1) is 24.6. The van der Waals surface area contributed by atoms with Crippen LogP contribution >= 0.6 is 11.8 Å². The maximum atomic E-state index is 11.2. The molecule has 2 N–H and O–H groups in total. The number of ether oxygens (including phenoxy) is 1. The number of aryl methyl sites for hydroxylation is 4. The summed E-state index contributed by atoms with van der Waals surface area (Å²) in [5.74, 6) is -0.203. The number of benzene rings is 4. The van der Waals surface area contributed by atoms with Crippen molar-refractivity contribution in [3.63, 3.8) is 0 Å². The van der Waals surface area contributed by atoms with Crippen LogP contribution in [-0.4, -0.2) is 22.2 Å². The van der Waals surface area contributed by atoms with Crippen LogP contribution < -0.4 is 4.74 Å². The van der Waals surface area contributed by atoms with Gasteiger partial charge in [-0.25, -0.2) is 9.59 Å². The Balaban J connectivity index is 0.000000204. The molecule has 6 rings (SSSR count). The van der Waals surface area contributed by atoms with Crippen molar-refractivity contribution in [3.05, 3.63) is 116 Å². The number of carboxylic acid groups (broad SMARTS) is 2. The molecular formula is C47H58O5S. The van der Waals surface area contributed by atoms with Crippen LogP contribution in [0, 0.1) is 20.8 Å². The number of carboxylic acids is 2. The van der Waals surface area contributed by atoms with Gasteiger partial charge in [0, 0.05) is 9.79 Å². The number of rotatable bonds is 7. The number of hydrogen-bond acceptors (Lipinski definition) is 4. The van der Waals surface area contributed by atoms with E-state index in [1.165, 1.54) is 57.5 Å². The Morgan fingerprint density at radius 2 is 1.00 bits per heavy atom. The van der Waals surface area contributed by atoms with Crippen LogP contribution in [0.25, 0.3) is 0 Å². The van der Waals surface area contributed by atoms with E-state index in [-0.39, 0.29) is 27.2 Å². The van der Waals surface area contributed by atoms with Gasteiger partial charge in [0.2, 0.25) is 0 Å². The first-order valence-electron chi connectivity index (χ1n) is 18.9. The number of fused-ring (bicyclic) bond motifs is 2. The monoisotopic (exact) mass is 734 g/mol. The molecule has 0 fully saturated rings. The molecule has 0 saturated heterocycles. The summed E-state index contributed by atoms with van der Waals surface area (Å²) in [6, 6.07) is 19.7. The molecule has 0 heterocycles. The number of hydrogen-bond donors (Lipinski definition) is 2. The van der Waals surface area contributed by atoms with Crippen molar-refractivity contribution in [1.29, 1.82) is 0 Å². The van der Waals surface area contributed by atoms with E-state index >= 15 is 0 Å². The Labute approximate surface area is 321 Å². The Bertz CT molecular complexity index is 2070. The third kappa shape index (κ3) is 8.38. The van der Waals surface area contributed by atoms with Crippen LogP contribution in [0.5, 0.6) is 11.5 Å². The average molecular weight is 735 g/mol. The van der Waals surface area contributed by atoms with Gasteiger partial charge in [-0.15, -0.1) is 0 Å². The van der Waals surface area contributed by atoms with Crippen LogP contribution in [0.4, 0.5) is 0 Å². The van der Waals surface area contributed by atoms with Gasteiger partial charge in [0.1, 0.15) is 11.5 Å². The molecule has 0 spiro atoms. The summed E-state index contributed by atoms with van der Waals surface area (Å²) >= 11 is 1.74. The van der Waals surface area contributed by atoms with Gasteiger partial charge in [-0.3, -0.25) is 0 Å². The molecule has 0 atom stereocenters. The fourth-order valence-corrected chi connectivity index (χ4v) is 8.84. The molecule has 0 unspecified atom stereocenters. The highest BCUT2D eigenvalue weighted by Crippen LogP contribution is 2.50. The average Bonchev–Trinajstić information content (AvgIpc) is 3.07. The van der Waals surface area contributed by atoms with Crippen LogP contribution in [0.2, 0.25) is 0 Å². The summed E-state index contributed by atoms with van der Waals surface area (Å²) in [6.07, 6.45) is 5.66. The predicted molar refractivity (Wildman–Crippen MR) is 218 cm³/mol. The highest BCUT2D eigenvalue weighted by Gasteiger charge is 2.39. The molecule has 2 aliphatic rings. The van der Waals surface area contributed by atoms with Crippen LogP contribution in [0.15, 0.2) is 70.5 Å². The Morgan fingerprint density at radius 1 is 0.566 bits per heavy atom. The second-order valence-corrected chi connectivity index (χ2v) is 18.9. The normalized spacial score (nSPS) is 17.4. The highest BCUT2D eigenvalue weighted by atomic mass is 32.2. The van der Waals surface area contributed by atoms with Crippen molar-refractivity contribution >= 4 is 23.7 Å². The molecule has 53 heavy (non-hydrogen) atoms. The molecule has 0 radical (unpaired) electrons. The van der Waals surface area contributed by atoms with Gasteiger partial charge < -0.3 is 14.9 Å². The summed E-state index contributed by atoms with van der Waals surface area (Å²) in [7, 11) is 0. The second kappa shape index (κ2) is 14.7. The lowest BCUT2D eigenvalue weighted by Crippen LogP contribution is -2.34. The van der Waals surface area contributed by atoms with Crippen molar-refractivity contribution in [1.82, 2.24) is 0 Å². The molecule has 0 amide bonds. The first kappa shape index (κ1) is 40.2. The zero-order chi connectivity index (χ0) is 39.3. The SMILES string of the molecule is CCc1cc2c(cc1Oc1ccc(C(=O)O)cc1C)C(C)(C)CCC2(C)C.Cc1cc(C(=O)O)ccc1Sc1cc2c(cc1C)C(C)(C)CCC2(C)C. The molecule has 2 aliphatic carbocycles. The molecule has 4 aromatic rings. The van der Waals surface area contributed by atoms with Crippen molar-refractivity contribution < 1.29 is 24.5 Å². The number of carbonyl (C=O) groups is 2. The minimum Gasteiger partial charge on any atom is -0.478 e. The van der Waals surface area contributed by atoms with E-state index in [1.54, 1.807) is 42.1 Å². The van der Waals surface area contributed by atoms with E-state index in [4.69, 9.17) is 9.84 Å². The van der Waals surface area contributed by atoms with Crippen molar-refractivity contribution in [3.8, 4) is 11.5 Å². The van der Waals surface area contributed by atoms with E-state index in [0.717, 1.165) is 34.6 Å². The van der Waals surface area contributed by atoms with Gasteiger partial charge in [0.15, 0.2) is 0 Å². The van der Waals surface area contributed by atoms with E-state index < -0.39 is 11.9 Å². The molecule has 5 nitrogen and oxygen atoms in total.